The molecule has 32 heavy (non-hydrogen) atoms. The van der Waals surface area contributed by atoms with Gasteiger partial charge in [-0.3, -0.25) is 0 Å². The molecule has 1 atom stereocenters. The molecular formula is C19H19F2N9O2. The van der Waals surface area contributed by atoms with Crippen molar-refractivity contribution < 1.29 is 18.3 Å². The normalized spacial score (nSPS) is 12.3. The maximum atomic E-state index is 13.5. The van der Waals surface area contributed by atoms with Gasteiger partial charge in [-0.15, -0.1) is 4.80 Å². The molecule has 0 bridgehead atoms. The number of fused-ring (bicyclic) bond motifs is 1. The summed E-state index contributed by atoms with van der Waals surface area (Å²) >= 11 is 0. The van der Waals surface area contributed by atoms with E-state index in [9.17, 15) is 13.6 Å². The van der Waals surface area contributed by atoms with Crippen LogP contribution in [0.4, 0.5) is 25.0 Å². The number of methoxy groups -OCH3 is 1. The summed E-state index contributed by atoms with van der Waals surface area (Å²) in [5.41, 5.74) is 1.92. The molecule has 0 aliphatic rings. The summed E-state index contributed by atoms with van der Waals surface area (Å²) in [6.07, 6.45) is 3.90. The number of aromatic nitrogens is 7. The van der Waals surface area contributed by atoms with Gasteiger partial charge in [0.2, 0.25) is 0 Å². The number of carbonyl (C=O) groups excluding carboxylic acids is 1. The number of ether oxygens (including phenoxy) is 1. The number of nitrogens with one attached hydrogen (secondary N) is 2. The molecule has 4 aromatic rings. The van der Waals surface area contributed by atoms with E-state index >= 15 is 0 Å². The monoisotopic (exact) mass is 443 g/mol. The van der Waals surface area contributed by atoms with Crippen molar-refractivity contribution in [1.29, 1.82) is 0 Å². The van der Waals surface area contributed by atoms with Crippen LogP contribution in [0.25, 0.3) is 11.5 Å². The first kappa shape index (κ1) is 21.2. The molecule has 0 saturated heterocycles. The standard InChI is InChI=1S/C19H19F2N9O2/c1-10-9-29-18(26-10)15(11(2)32-3)14(8-25-29)28-19(31)27-12-6-13(16(20)21)17(22-7-12)30-23-4-5-24-30/h4-9,11,16H,1-3H3,(H2,27,28,31)/t11-/m0/s1. The van der Waals surface area contributed by atoms with Crippen molar-refractivity contribution in [3.8, 4) is 5.82 Å². The van der Waals surface area contributed by atoms with Gasteiger partial charge in [0.15, 0.2) is 11.5 Å². The molecule has 2 amide bonds. The number of nitrogens with zero attached hydrogens (tertiary/aromatic N) is 7. The minimum atomic E-state index is -2.85. The van der Waals surface area contributed by atoms with Crippen LogP contribution in [0.1, 0.15) is 36.3 Å². The van der Waals surface area contributed by atoms with Crippen LogP contribution in [-0.2, 0) is 4.74 Å². The first-order valence-electron chi connectivity index (χ1n) is 9.47. The highest BCUT2D eigenvalue weighted by Gasteiger charge is 2.21. The Hall–Kier alpha value is -4.00. The summed E-state index contributed by atoms with van der Waals surface area (Å²) in [5, 5.41) is 17.1. The molecule has 13 heteroatoms. The third-order valence-corrected chi connectivity index (χ3v) is 4.66. The van der Waals surface area contributed by atoms with Gasteiger partial charge in [0.25, 0.3) is 6.43 Å². The van der Waals surface area contributed by atoms with E-state index in [0.717, 1.165) is 16.6 Å². The largest absolute Gasteiger partial charge is 0.377 e. The summed E-state index contributed by atoms with van der Waals surface area (Å²) in [6, 6.07) is 0.449. The molecule has 0 aliphatic heterocycles. The summed E-state index contributed by atoms with van der Waals surface area (Å²) in [4.78, 5) is 22.0. The smallest absolute Gasteiger partial charge is 0.323 e. The third-order valence-electron chi connectivity index (χ3n) is 4.66. The Labute approximate surface area is 180 Å². The lowest BCUT2D eigenvalue weighted by molar-refractivity contribution is 0.120. The van der Waals surface area contributed by atoms with Crippen LogP contribution in [0.3, 0.4) is 0 Å². The number of alkyl halides is 2. The van der Waals surface area contributed by atoms with E-state index < -0.39 is 24.1 Å². The average Bonchev–Trinajstić information content (AvgIpc) is 3.42. The Morgan fingerprint density at radius 3 is 2.59 bits per heavy atom. The van der Waals surface area contributed by atoms with Crippen molar-refractivity contribution in [3.05, 3.63) is 53.9 Å². The fraction of sp³-hybridized carbons (Fsp3) is 0.263. The van der Waals surface area contributed by atoms with Crippen molar-refractivity contribution in [2.45, 2.75) is 26.4 Å². The number of anilines is 2. The lowest BCUT2D eigenvalue weighted by atomic mass is 10.1. The lowest BCUT2D eigenvalue weighted by Gasteiger charge is -2.17. The predicted molar refractivity (Wildman–Crippen MR) is 110 cm³/mol. The second-order valence-electron chi connectivity index (χ2n) is 6.84. The third kappa shape index (κ3) is 4.09. The fourth-order valence-corrected chi connectivity index (χ4v) is 3.17. The molecule has 11 nitrogen and oxygen atoms in total. The zero-order valence-electron chi connectivity index (χ0n) is 17.3. The van der Waals surface area contributed by atoms with E-state index in [0.29, 0.717) is 16.9 Å². The van der Waals surface area contributed by atoms with E-state index in [1.165, 1.54) is 31.9 Å². The van der Waals surface area contributed by atoms with Crippen LogP contribution in [0.15, 0.2) is 37.1 Å². The fourth-order valence-electron chi connectivity index (χ4n) is 3.17. The van der Waals surface area contributed by atoms with Gasteiger partial charge in [-0.1, -0.05) is 0 Å². The second-order valence-corrected chi connectivity index (χ2v) is 6.84. The van der Waals surface area contributed by atoms with Gasteiger partial charge in [-0.25, -0.2) is 28.1 Å². The van der Waals surface area contributed by atoms with E-state index in [1.54, 1.807) is 10.7 Å². The summed E-state index contributed by atoms with van der Waals surface area (Å²) in [5.74, 6) is -0.128. The number of carbonyl (C=O) groups is 1. The van der Waals surface area contributed by atoms with Crippen molar-refractivity contribution in [3.63, 3.8) is 0 Å². The van der Waals surface area contributed by atoms with Crippen LogP contribution in [-0.4, -0.2) is 47.7 Å². The maximum Gasteiger partial charge on any atom is 0.323 e. The average molecular weight is 443 g/mol. The molecular weight excluding hydrogens is 424 g/mol. The summed E-state index contributed by atoms with van der Waals surface area (Å²) in [6.45, 7) is 3.63. The molecule has 0 unspecified atom stereocenters. The Bertz CT molecular complexity index is 1260. The summed E-state index contributed by atoms with van der Waals surface area (Å²) < 4.78 is 34.1. The molecule has 0 spiro atoms. The highest BCUT2D eigenvalue weighted by atomic mass is 19.3. The number of aryl methyl sites for hydroxylation is 1. The highest BCUT2D eigenvalue weighted by molar-refractivity contribution is 6.00. The Morgan fingerprint density at radius 1 is 1.16 bits per heavy atom. The van der Waals surface area contributed by atoms with E-state index in [-0.39, 0.29) is 11.5 Å². The quantitative estimate of drug-likeness (QED) is 0.468. The Kier molecular flexibility index (Phi) is 5.73. The van der Waals surface area contributed by atoms with Crippen LogP contribution < -0.4 is 10.6 Å². The van der Waals surface area contributed by atoms with E-state index in [4.69, 9.17) is 4.74 Å². The van der Waals surface area contributed by atoms with Gasteiger partial charge >= 0.3 is 6.03 Å². The Morgan fingerprint density at radius 2 is 1.91 bits per heavy atom. The molecule has 4 aromatic heterocycles. The zero-order chi connectivity index (χ0) is 22.8. The minimum absolute atomic E-state index is 0.0701. The molecule has 4 rings (SSSR count). The molecule has 166 valence electrons. The number of rotatable bonds is 6. The maximum absolute atomic E-state index is 13.5. The van der Waals surface area contributed by atoms with Crippen molar-refractivity contribution in [2.75, 3.05) is 17.7 Å². The zero-order valence-corrected chi connectivity index (χ0v) is 17.3. The van der Waals surface area contributed by atoms with Crippen LogP contribution >= 0.6 is 0 Å². The molecule has 0 aliphatic carbocycles. The van der Waals surface area contributed by atoms with Crippen LogP contribution in [0.5, 0.6) is 0 Å². The van der Waals surface area contributed by atoms with E-state index in [2.05, 4.69) is 35.9 Å². The predicted octanol–water partition coefficient (Wildman–Crippen LogP) is 3.30. The van der Waals surface area contributed by atoms with Gasteiger partial charge in [0.05, 0.1) is 65.3 Å². The number of pyridine rings is 1. The van der Waals surface area contributed by atoms with Crippen LogP contribution in [0, 0.1) is 6.92 Å². The minimum Gasteiger partial charge on any atom is -0.377 e. The van der Waals surface area contributed by atoms with Crippen LogP contribution in [0.2, 0.25) is 0 Å². The van der Waals surface area contributed by atoms with Gasteiger partial charge in [0.1, 0.15) is 0 Å². The van der Waals surface area contributed by atoms with Gasteiger partial charge in [-0.05, 0) is 19.9 Å². The molecule has 4 heterocycles. The molecule has 0 saturated carbocycles. The van der Waals surface area contributed by atoms with Gasteiger partial charge < -0.3 is 15.4 Å². The molecule has 0 fully saturated rings. The lowest BCUT2D eigenvalue weighted by Crippen LogP contribution is -2.22. The molecule has 0 radical (unpaired) electrons. The number of urea groups is 1. The molecule has 0 aromatic carbocycles. The SMILES string of the molecule is CO[C@@H](C)c1c(NC(=O)Nc2cnc(-n3nccn3)c(C(F)F)c2)cnn2cc(C)nc12. The van der Waals surface area contributed by atoms with Crippen molar-refractivity contribution in [1.82, 2.24) is 34.6 Å². The topological polar surface area (TPSA) is 124 Å². The first-order valence-corrected chi connectivity index (χ1v) is 9.47. The van der Waals surface area contributed by atoms with E-state index in [1.807, 2.05) is 13.8 Å². The molecule has 2 N–H and O–H groups in total. The number of hydrogen-bond acceptors (Lipinski definition) is 7. The number of amides is 2. The summed E-state index contributed by atoms with van der Waals surface area (Å²) in [7, 11) is 1.54. The highest BCUT2D eigenvalue weighted by Crippen LogP contribution is 2.29. The van der Waals surface area contributed by atoms with Crippen molar-refractivity contribution >= 4 is 23.1 Å². The van der Waals surface area contributed by atoms with Gasteiger partial charge in [-0.2, -0.15) is 15.3 Å². The number of imidazole rings is 1. The number of halogens is 2. The number of hydrogen-bond donors (Lipinski definition) is 2. The van der Waals surface area contributed by atoms with Crippen molar-refractivity contribution in [2.24, 2.45) is 0 Å². The second kappa shape index (κ2) is 8.63. The first-order chi connectivity index (χ1) is 15.4. The Balaban J connectivity index is 1.60. The van der Waals surface area contributed by atoms with Gasteiger partial charge in [0, 0.05) is 7.11 Å².